The van der Waals surface area contributed by atoms with Crippen LogP contribution in [-0.2, 0) is 12.0 Å². The molecular formula is C11H15N3OS. The zero-order valence-electron chi connectivity index (χ0n) is 9.65. The Morgan fingerprint density at radius 3 is 2.81 bits per heavy atom. The van der Waals surface area contributed by atoms with Gasteiger partial charge in [-0.05, 0) is 12.1 Å². The second kappa shape index (κ2) is 4.25. The normalized spacial score (nSPS) is 11.7. The summed E-state index contributed by atoms with van der Waals surface area (Å²) in [5.74, 6) is 1.77. The molecule has 0 aromatic carbocycles. The van der Waals surface area contributed by atoms with E-state index in [0.717, 1.165) is 16.7 Å². The number of aromatic nitrogens is 2. The van der Waals surface area contributed by atoms with Crippen molar-refractivity contribution >= 4 is 16.7 Å². The quantitative estimate of drug-likeness (QED) is 0.891. The molecule has 2 heterocycles. The Kier molecular flexibility index (Phi) is 2.96. The van der Waals surface area contributed by atoms with Crippen molar-refractivity contribution in [2.45, 2.75) is 32.7 Å². The van der Waals surface area contributed by atoms with Crippen molar-refractivity contribution in [3.05, 3.63) is 30.0 Å². The molecule has 0 spiro atoms. The fraction of sp³-hybridized carbons (Fsp3) is 0.455. The van der Waals surface area contributed by atoms with Gasteiger partial charge in [0.25, 0.3) is 0 Å². The van der Waals surface area contributed by atoms with Crippen LogP contribution in [0.3, 0.4) is 0 Å². The third kappa shape index (κ3) is 2.61. The number of anilines is 1. The van der Waals surface area contributed by atoms with Gasteiger partial charge in [-0.2, -0.15) is 4.37 Å². The summed E-state index contributed by atoms with van der Waals surface area (Å²) in [7, 11) is 0. The molecule has 5 heteroatoms. The van der Waals surface area contributed by atoms with Crippen LogP contribution < -0.4 is 5.32 Å². The molecule has 86 valence electrons. The Labute approximate surface area is 98.9 Å². The lowest BCUT2D eigenvalue weighted by Gasteiger charge is -2.12. The Balaban J connectivity index is 1.98. The summed E-state index contributed by atoms with van der Waals surface area (Å²) in [6.07, 6.45) is 1.66. The summed E-state index contributed by atoms with van der Waals surface area (Å²) in [6, 6.07) is 3.80. The molecule has 0 saturated carbocycles. The van der Waals surface area contributed by atoms with E-state index in [4.69, 9.17) is 4.42 Å². The third-order valence-corrected chi connectivity index (χ3v) is 2.76. The number of nitrogens with zero attached hydrogens (tertiary/aromatic N) is 2. The third-order valence-electron chi connectivity index (χ3n) is 2.09. The van der Waals surface area contributed by atoms with Crippen LogP contribution in [0.1, 0.15) is 32.4 Å². The monoisotopic (exact) mass is 237 g/mol. The van der Waals surface area contributed by atoms with Gasteiger partial charge in [0.2, 0.25) is 5.13 Å². The number of furan rings is 1. The molecule has 0 atom stereocenters. The lowest BCUT2D eigenvalue weighted by molar-refractivity contribution is 0.517. The Bertz CT molecular complexity index is 442. The average Bonchev–Trinajstić information content (AvgIpc) is 2.85. The summed E-state index contributed by atoms with van der Waals surface area (Å²) in [5, 5.41) is 4.03. The molecule has 0 aliphatic rings. The fourth-order valence-electron chi connectivity index (χ4n) is 1.18. The van der Waals surface area contributed by atoms with Gasteiger partial charge >= 0.3 is 0 Å². The second-order valence-electron chi connectivity index (χ2n) is 4.61. The first-order chi connectivity index (χ1) is 7.55. The minimum Gasteiger partial charge on any atom is -0.467 e. The molecule has 0 aliphatic carbocycles. The highest BCUT2D eigenvalue weighted by Gasteiger charge is 2.19. The summed E-state index contributed by atoms with van der Waals surface area (Å²) in [6.45, 7) is 6.95. The molecule has 0 aliphatic heterocycles. The summed E-state index contributed by atoms with van der Waals surface area (Å²) >= 11 is 1.38. The fourth-order valence-corrected chi connectivity index (χ4v) is 1.93. The molecule has 0 saturated heterocycles. The maximum Gasteiger partial charge on any atom is 0.202 e. The van der Waals surface area contributed by atoms with E-state index in [9.17, 15) is 0 Å². The molecule has 2 rings (SSSR count). The minimum atomic E-state index is 0.00110. The highest BCUT2D eigenvalue weighted by atomic mass is 32.1. The first kappa shape index (κ1) is 11.1. The van der Waals surface area contributed by atoms with Crippen molar-refractivity contribution in [2.24, 2.45) is 0 Å². The highest BCUT2D eigenvalue weighted by molar-refractivity contribution is 7.09. The smallest absolute Gasteiger partial charge is 0.202 e. The van der Waals surface area contributed by atoms with E-state index in [0.29, 0.717) is 6.54 Å². The largest absolute Gasteiger partial charge is 0.467 e. The SMILES string of the molecule is CC(C)(C)c1nsc(NCc2ccco2)n1. The first-order valence-corrected chi connectivity index (χ1v) is 5.93. The predicted molar refractivity (Wildman–Crippen MR) is 64.6 cm³/mol. The van der Waals surface area contributed by atoms with Crippen molar-refractivity contribution < 1.29 is 4.42 Å². The maximum absolute atomic E-state index is 5.22. The molecule has 16 heavy (non-hydrogen) atoms. The molecule has 2 aromatic heterocycles. The average molecular weight is 237 g/mol. The van der Waals surface area contributed by atoms with E-state index in [1.165, 1.54) is 11.5 Å². The van der Waals surface area contributed by atoms with Crippen LogP contribution in [0.15, 0.2) is 22.8 Å². The molecule has 0 fully saturated rings. The number of rotatable bonds is 3. The van der Waals surface area contributed by atoms with Gasteiger partial charge in [0.15, 0.2) is 0 Å². The Morgan fingerprint density at radius 2 is 2.25 bits per heavy atom. The predicted octanol–water partition coefficient (Wildman–Crippen LogP) is 3.04. The Morgan fingerprint density at radius 1 is 1.44 bits per heavy atom. The van der Waals surface area contributed by atoms with Crippen LogP contribution >= 0.6 is 11.5 Å². The van der Waals surface area contributed by atoms with E-state index < -0.39 is 0 Å². The van der Waals surface area contributed by atoms with Gasteiger partial charge in [0.05, 0.1) is 12.8 Å². The zero-order valence-corrected chi connectivity index (χ0v) is 10.5. The lowest BCUT2D eigenvalue weighted by atomic mass is 9.96. The number of hydrogen-bond donors (Lipinski definition) is 1. The molecule has 0 radical (unpaired) electrons. The zero-order chi connectivity index (χ0) is 11.6. The van der Waals surface area contributed by atoms with Crippen LogP contribution in [0.2, 0.25) is 0 Å². The van der Waals surface area contributed by atoms with Crippen LogP contribution in [0.25, 0.3) is 0 Å². The van der Waals surface area contributed by atoms with Crippen molar-refractivity contribution in [3.63, 3.8) is 0 Å². The highest BCUT2D eigenvalue weighted by Crippen LogP contribution is 2.23. The van der Waals surface area contributed by atoms with Gasteiger partial charge in [-0.3, -0.25) is 0 Å². The molecule has 0 bridgehead atoms. The van der Waals surface area contributed by atoms with Gasteiger partial charge in [-0.1, -0.05) is 20.8 Å². The molecule has 0 amide bonds. The summed E-state index contributed by atoms with van der Waals surface area (Å²) in [5.41, 5.74) is 0.00110. The lowest BCUT2D eigenvalue weighted by Crippen LogP contribution is -2.13. The number of nitrogens with one attached hydrogen (secondary N) is 1. The van der Waals surface area contributed by atoms with Crippen LogP contribution in [0, 0.1) is 0 Å². The topological polar surface area (TPSA) is 51.0 Å². The molecule has 2 aromatic rings. The minimum absolute atomic E-state index is 0.00110. The Hall–Kier alpha value is -1.36. The standard InChI is InChI=1S/C11H15N3OS/c1-11(2,3)9-13-10(16-14-9)12-7-8-5-4-6-15-8/h4-6H,7H2,1-3H3,(H,12,13,14). The van der Waals surface area contributed by atoms with Gasteiger partial charge < -0.3 is 9.73 Å². The van der Waals surface area contributed by atoms with E-state index in [1.807, 2.05) is 12.1 Å². The molecule has 4 nitrogen and oxygen atoms in total. The van der Waals surface area contributed by atoms with Crippen molar-refractivity contribution in [1.29, 1.82) is 0 Å². The van der Waals surface area contributed by atoms with Gasteiger partial charge in [0, 0.05) is 16.9 Å². The van der Waals surface area contributed by atoms with Gasteiger partial charge in [0.1, 0.15) is 11.6 Å². The van der Waals surface area contributed by atoms with E-state index in [1.54, 1.807) is 6.26 Å². The summed E-state index contributed by atoms with van der Waals surface area (Å²) in [4.78, 5) is 4.44. The molecule has 1 N–H and O–H groups in total. The van der Waals surface area contributed by atoms with E-state index in [2.05, 4.69) is 35.4 Å². The first-order valence-electron chi connectivity index (χ1n) is 5.16. The van der Waals surface area contributed by atoms with E-state index >= 15 is 0 Å². The van der Waals surface area contributed by atoms with Crippen molar-refractivity contribution in [2.75, 3.05) is 5.32 Å². The van der Waals surface area contributed by atoms with Crippen LogP contribution in [0.4, 0.5) is 5.13 Å². The number of hydrogen-bond acceptors (Lipinski definition) is 5. The molecular weight excluding hydrogens is 222 g/mol. The van der Waals surface area contributed by atoms with Crippen LogP contribution in [-0.4, -0.2) is 9.36 Å². The summed E-state index contributed by atoms with van der Waals surface area (Å²) < 4.78 is 9.55. The van der Waals surface area contributed by atoms with Gasteiger partial charge in [-0.25, -0.2) is 4.98 Å². The van der Waals surface area contributed by atoms with Crippen LogP contribution in [0.5, 0.6) is 0 Å². The maximum atomic E-state index is 5.22. The van der Waals surface area contributed by atoms with Gasteiger partial charge in [-0.15, -0.1) is 0 Å². The second-order valence-corrected chi connectivity index (χ2v) is 5.36. The molecule has 0 unspecified atom stereocenters. The van der Waals surface area contributed by atoms with Crippen molar-refractivity contribution in [1.82, 2.24) is 9.36 Å². The van der Waals surface area contributed by atoms with Crippen molar-refractivity contribution in [3.8, 4) is 0 Å². The van der Waals surface area contributed by atoms with E-state index in [-0.39, 0.29) is 5.41 Å².